The first-order chi connectivity index (χ1) is 30.0. The number of carbonyl (C=O) groups excluding carboxylic acids is 3. The van der Waals surface area contributed by atoms with Crippen LogP contribution in [0.25, 0.3) is 0 Å². The normalized spacial score (nSPS) is 12.8. The molecule has 1 atom stereocenters. The van der Waals surface area contributed by atoms with Gasteiger partial charge in [-0.05, 0) is 103 Å². The average Bonchev–Trinajstić information content (AvgIpc) is 3.26. The van der Waals surface area contributed by atoms with Crippen molar-refractivity contribution in [3.8, 4) is 0 Å². The van der Waals surface area contributed by atoms with E-state index in [0.29, 0.717) is 19.3 Å². The molecule has 1 unspecified atom stereocenters. The van der Waals surface area contributed by atoms with Gasteiger partial charge in [-0.3, -0.25) is 14.4 Å². The zero-order valence-electron chi connectivity index (χ0n) is 39.7. The van der Waals surface area contributed by atoms with Crippen molar-refractivity contribution in [1.82, 2.24) is 0 Å². The lowest BCUT2D eigenvalue weighted by molar-refractivity contribution is -0.167. The van der Waals surface area contributed by atoms with Gasteiger partial charge < -0.3 is 14.2 Å². The Morgan fingerprint density at radius 1 is 0.344 bits per heavy atom. The molecule has 0 fully saturated rings. The number of hydrogen-bond acceptors (Lipinski definition) is 6. The van der Waals surface area contributed by atoms with Crippen LogP contribution in [-0.2, 0) is 28.6 Å². The number of unbranched alkanes of at least 4 members (excludes halogenated alkanes) is 19. The van der Waals surface area contributed by atoms with Gasteiger partial charge in [-0.2, -0.15) is 0 Å². The summed E-state index contributed by atoms with van der Waals surface area (Å²) in [6, 6.07) is 0. The second-order valence-electron chi connectivity index (χ2n) is 16.3. The lowest BCUT2D eigenvalue weighted by Crippen LogP contribution is -2.30. The van der Waals surface area contributed by atoms with Crippen molar-refractivity contribution in [3.05, 3.63) is 85.1 Å². The molecule has 0 radical (unpaired) electrons. The fourth-order valence-electron chi connectivity index (χ4n) is 6.57. The summed E-state index contributed by atoms with van der Waals surface area (Å²) < 4.78 is 16.7. The molecule has 0 saturated carbocycles. The van der Waals surface area contributed by atoms with Crippen molar-refractivity contribution in [3.63, 3.8) is 0 Å². The summed E-state index contributed by atoms with van der Waals surface area (Å²) in [5, 5.41) is 0. The first-order valence-corrected chi connectivity index (χ1v) is 25.1. The van der Waals surface area contributed by atoms with Gasteiger partial charge >= 0.3 is 17.9 Å². The minimum Gasteiger partial charge on any atom is -0.462 e. The van der Waals surface area contributed by atoms with Crippen LogP contribution >= 0.6 is 0 Å². The summed E-state index contributed by atoms with van der Waals surface area (Å²) in [6.07, 6.45) is 62.8. The number of carbonyl (C=O) groups is 3. The first-order valence-electron chi connectivity index (χ1n) is 25.1. The highest BCUT2D eigenvalue weighted by Gasteiger charge is 2.19. The quantitative estimate of drug-likeness (QED) is 0.0263. The summed E-state index contributed by atoms with van der Waals surface area (Å²) >= 11 is 0. The highest BCUT2D eigenvalue weighted by Crippen LogP contribution is 2.13. The smallest absolute Gasteiger partial charge is 0.306 e. The van der Waals surface area contributed by atoms with E-state index in [4.69, 9.17) is 14.2 Å². The van der Waals surface area contributed by atoms with Crippen LogP contribution in [0.5, 0.6) is 0 Å². The zero-order valence-corrected chi connectivity index (χ0v) is 39.7. The molecule has 0 aliphatic rings. The maximum absolute atomic E-state index is 12.8. The van der Waals surface area contributed by atoms with Crippen LogP contribution in [0, 0.1) is 0 Å². The van der Waals surface area contributed by atoms with Gasteiger partial charge in [0.2, 0.25) is 0 Å². The molecule has 0 heterocycles. The predicted molar refractivity (Wildman–Crippen MR) is 261 cm³/mol. The molecule has 6 heteroatoms. The number of rotatable bonds is 44. The molecule has 0 aromatic rings. The minimum atomic E-state index is -0.806. The number of ether oxygens (including phenoxy) is 3. The summed E-state index contributed by atoms with van der Waals surface area (Å²) in [5.74, 6) is -0.984. The molecular formula is C55H92O6. The second-order valence-corrected chi connectivity index (χ2v) is 16.3. The molecule has 0 aliphatic carbocycles. The molecule has 0 saturated heterocycles. The summed E-state index contributed by atoms with van der Waals surface area (Å²) in [5.41, 5.74) is 0. The van der Waals surface area contributed by atoms with Crippen molar-refractivity contribution in [1.29, 1.82) is 0 Å². The second kappa shape index (κ2) is 49.2. The Labute approximate surface area is 375 Å². The van der Waals surface area contributed by atoms with Gasteiger partial charge in [-0.15, -0.1) is 0 Å². The van der Waals surface area contributed by atoms with Crippen molar-refractivity contribution >= 4 is 17.9 Å². The van der Waals surface area contributed by atoms with Crippen molar-refractivity contribution in [2.75, 3.05) is 13.2 Å². The molecule has 0 bridgehead atoms. The molecule has 61 heavy (non-hydrogen) atoms. The minimum absolute atomic E-state index is 0.103. The average molecular weight is 849 g/mol. The standard InChI is InChI=1S/C55H92O6/c1-4-7-10-13-16-19-22-24-26-27-29-30-33-36-39-42-45-48-54(57)60-51-52(50-59-53(56)47-44-41-38-35-32-21-18-15-12-9-6-3)61-55(58)49-46-43-40-37-34-31-28-25-23-20-17-14-11-8-5-2/h7,10,15-16,18-19,24-26,28-30,36,39,52H,4-6,8-9,11-14,17,20-23,27,31-35,37-38,40-51H2,1-3H3/b10-7-,18-15-,19-16-,26-24-,28-25-,30-29-,39-36-. The molecule has 0 aromatic heterocycles. The Morgan fingerprint density at radius 2 is 0.672 bits per heavy atom. The molecule has 0 rings (SSSR count). The fraction of sp³-hybridized carbons (Fsp3) is 0.691. The summed E-state index contributed by atoms with van der Waals surface area (Å²) in [6.45, 7) is 6.41. The highest BCUT2D eigenvalue weighted by atomic mass is 16.6. The third kappa shape index (κ3) is 47.5. The fourth-order valence-corrected chi connectivity index (χ4v) is 6.57. The van der Waals surface area contributed by atoms with Gasteiger partial charge in [0.25, 0.3) is 0 Å². The Balaban J connectivity index is 4.49. The van der Waals surface area contributed by atoms with E-state index in [9.17, 15) is 14.4 Å². The van der Waals surface area contributed by atoms with Gasteiger partial charge in [0, 0.05) is 19.3 Å². The van der Waals surface area contributed by atoms with E-state index < -0.39 is 6.10 Å². The van der Waals surface area contributed by atoms with Gasteiger partial charge in [0.15, 0.2) is 6.10 Å². The summed E-state index contributed by atoms with van der Waals surface area (Å²) in [7, 11) is 0. The van der Waals surface area contributed by atoms with E-state index in [2.05, 4.69) is 106 Å². The third-order valence-corrected chi connectivity index (χ3v) is 10.4. The molecule has 6 nitrogen and oxygen atoms in total. The van der Waals surface area contributed by atoms with Gasteiger partial charge in [-0.25, -0.2) is 0 Å². The lowest BCUT2D eigenvalue weighted by Gasteiger charge is -2.18. The molecule has 0 aliphatic heterocycles. The first kappa shape index (κ1) is 57.6. The van der Waals surface area contributed by atoms with Crippen LogP contribution in [0.15, 0.2) is 85.1 Å². The highest BCUT2D eigenvalue weighted by molar-refractivity contribution is 5.71. The SMILES string of the molecule is CC/C=C\C/C=C\C/C=C\C/C=C\C/C=C\CCCC(=O)OCC(COC(=O)CCCCCCC/C=C\CCCC)OC(=O)CCCCCCC/C=C\CCCCCCCC. The maximum Gasteiger partial charge on any atom is 0.306 e. The molecule has 0 spiro atoms. The third-order valence-electron chi connectivity index (χ3n) is 10.4. The van der Waals surface area contributed by atoms with E-state index in [1.54, 1.807) is 0 Å². The lowest BCUT2D eigenvalue weighted by atomic mass is 10.1. The molecular weight excluding hydrogens is 757 g/mol. The Bertz CT molecular complexity index is 1200. The van der Waals surface area contributed by atoms with Crippen LogP contribution < -0.4 is 0 Å². The Kier molecular flexibility index (Phi) is 46.5. The van der Waals surface area contributed by atoms with Crippen LogP contribution in [0.2, 0.25) is 0 Å². The summed E-state index contributed by atoms with van der Waals surface area (Å²) in [4.78, 5) is 37.9. The Hall–Kier alpha value is -3.41. The van der Waals surface area contributed by atoms with Gasteiger partial charge in [-0.1, -0.05) is 189 Å². The number of esters is 3. The van der Waals surface area contributed by atoms with Crippen molar-refractivity contribution in [2.45, 2.75) is 232 Å². The van der Waals surface area contributed by atoms with Gasteiger partial charge in [0.05, 0.1) is 0 Å². The maximum atomic E-state index is 12.8. The van der Waals surface area contributed by atoms with E-state index in [1.165, 1.54) is 77.0 Å². The van der Waals surface area contributed by atoms with Crippen molar-refractivity contribution in [2.24, 2.45) is 0 Å². The topological polar surface area (TPSA) is 78.9 Å². The molecule has 0 amide bonds. The van der Waals surface area contributed by atoms with Gasteiger partial charge in [0.1, 0.15) is 13.2 Å². The number of allylic oxidation sites excluding steroid dienone is 14. The van der Waals surface area contributed by atoms with Crippen LogP contribution in [0.1, 0.15) is 226 Å². The van der Waals surface area contributed by atoms with Crippen LogP contribution in [-0.4, -0.2) is 37.2 Å². The number of hydrogen-bond donors (Lipinski definition) is 0. The monoisotopic (exact) mass is 849 g/mol. The van der Waals surface area contributed by atoms with Crippen LogP contribution in [0.4, 0.5) is 0 Å². The predicted octanol–water partition coefficient (Wildman–Crippen LogP) is 16.4. The van der Waals surface area contributed by atoms with E-state index in [0.717, 1.165) is 103 Å². The molecule has 348 valence electrons. The largest absolute Gasteiger partial charge is 0.462 e. The van der Waals surface area contributed by atoms with E-state index in [1.807, 2.05) is 0 Å². The zero-order chi connectivity index (χ0) is 44.4. The van der Waals surface area contributed by atoms with Crippen LogP contribution in [0.3, 0.4) is 0 Å². The molecule has 0 N–H and O–H groups in total. The van der Waals surface area contributed by atoms with E-state index >= 15 is 0 Å². The van der Waals surface area contributed by atoms with Crippen molar-refractivity contribution < 1.29 is 28.6 Å². The molecule has 0 aromatic carbocycles. The van der Waals surface area contributed by atoms with E-state index in [-0.39, 0.29) is 37.5 Å². The Morgan fingerprint density at radius 3 is 1.13 bits per heavy atom.